The van der Waals surface area contributed by atoms with Crippen LogP contribution in [0.25, 0.3) is 10.4 Å². The standard InChI is InChI=1S/C17H22ClNS/c1-4-7-15(19-5-2)17-11-10-16(20-17)13-8-6-9-14(18)12(13)3/h6,8-11,15,19H,4-5,7H2,1-3H3. The van der Waals surface area contributed by atoms with Crippen LogP contribution in [-0.2, 0) is 0 Å². The fraction of sp³-hybridized carbons (Fsp3) is 0.412. The first-order valence-corrected chi connectivity index (χ1v) is 8.45. The summed E-state index contributed by atoms with van der Waals surface area (Å²) in [6, 6.07) is 11.1. The van der Waals surface area contributed by atoms with Crippen molar-refractivity contribution in [2.75, 3.05) is 6.54 Å². The number of hydrogen-bond donors (Lipinski definition) is 1. The minimum atomic E-state index is 0.475. The molecule has 2 aromatic rings. The van der Waals surface area contributed by atoms with Gasteiger partial charge >= 0.3 is 0 Å². The molecule has 1 N–H and O–H groups in total. The summed E-state index contributed by atoms with van der Waals surface area (Å²) in [6.45, 7) is 7.50. The first kappa shape index (κ1) is 15.6. The molecule has 0 amide bonds. The van der Waals surface area contributed by atoms with E-state index in [4.69, 9.17) is 11.6 Å². The molecule has 0 bridgehead atoms. The summed E-state index contributed by atoms with van der Waals surface area (Å²) < 4.78 is 0. The first-order valence-electron chi connectivity index (χ1n) is 7.26. The van der Waals surface area contributed by atoms with E-state index in [0.29, 0.717) is 6.04 Å². The molecule has 0 aliphatic rings. The Hall–Kier alpha value is -0.830. The Morgan fingerprint density at radius 1 is 1.20 bits per heavy atom. The second-order valence-corrected chi connectivity index (χ2v) is 6.54. The van der Waals surface area contributed by atoms with Crippen LogP contribution < -0.4 is 5.32 Å². The molecule has 1 heterocycles. The van der Waals surface area contributed by atoms with Crippen LogP contribution in [0.3, 0.4) is 0 Å². The predicted octanol–water partition coefficient (Wildman–Crippen LogP) is 5.83. The van der Waals surface area contributed by atoms with E-state index < -0.39 is 0 Å². The summed E-state index contributed by atoms with van der Waals surface area (Å²) in [4.78, 5) is 2.72. The molecule has 108 valence electrons. The van der Waals surface area contributed by atoms with Crippen molar-refractivity contribution >= 4 is 22.9 Å². The van der Waals surface area contributed by atoms with Gasteiger partial charge in [0.25, 0.3) is 0 Å². The molecule has 0 aliphatic heterocycles. The van der Waals surface area contributed by atoms with Crippen LogP contribution in [0.15, 0.2) is 30.3 Å². The zero-order valence-electron chi connectivity index (χ0n) is 12.4. The largest absolute Gasteiger partial charge is 0.310 e. The zero-order chi connectivity index (χ0) is 14.5. The predicted molar refractivity (Wildman–Crippen MR) is 90.8 cm³/mol. The summed E-state index contributed by atoms with van der Waals surface area (Å²) >= 11 is 8.10. The van der Waals surface area contributed by atoms with Crippen LogP contribution in [0, 0.1) is 6.92 Å². The minimum absolute atomic E-state index is 0.475. The van der Waals surface area contributed by atoms with E-state index in [9.17, 15) is 0 Å². The van der Waals surface area contributed by atoms with Crippen molar-refractivity contribution in [2.45, 2.75) is 39.7 Å². The third kappa shape index (κ3) is 3.43. The Morgan fingerprint density at radius 3 is 2.70 bits per heavy atom. The molecule has 1 unspecified atom stereocenters. The lowest BCUT2D eigenvalue weighted by Gasteiger charge is -2.15. The maximum Gasteiger partial charge on any atom is 0.0441 e. The van der Waals surface area contributed by atoms with E-state index in [0.717, 1.165) is 17.1 Å². The lowest BCUT2D eigenvalue weighted by atomic mass is 10.1. The number of nitrogens with one attached hydrogen (secondary N) is 1. The van der Waals surface area contributed by atoms with E-state index in [2.05, 4.69) is 44.3 Å². The summed E-state index contributed by atoms with van der Waals surface area (Å²) in [6.07, 6.45) is 2.38. The number of hydrogen-bond acceptors (Lipinski definition) is 2. The van der Waals surface area contributed by atoms with Crippen molar-refractivity contribution in [3.8, 4) is 10.4 Å². The highest BCUT2D eigenvalue weighted by molar-refractivity contribution is 7.15. The number of thiophene rings is 1. The summed E-state index contributed by atoms with van der Waals surface area (Å²) in [5, 5.41) is 4.42. The Balaban J connectivity index is 2.30. The Morgan fingerprint density at radius 2 is 2.00 bits per heavy atom. The quantitative estimate of drug-likeness (QED) is 0.708. The molecule has 1 aromatic heterocycles. The van der Waals surface area contributed by atoms with Gasteiger partial charge in [0.05, 0.1) is 0 Å². The zero-order valence-corrected chi connectivity index (χ0v) is 13.9. The van der Waals surface area contributed by atoms with Crippen molar-refractivity contribution in [2.24, 2.45) is 0 Å². The van der Waals surface area contributed by atoms with Crippen molar-refractivity contribution in [1.82, 2.24) is 5.32 Å². The molecule has 3 heteroatoms. The molecular weight excluding hydrogens is 286 g/mol. The van der Waals surface area contributed by atoms with E-state index in [-0.39, 0.29) is 0 Å². The maximum absolute atomic E-state index is 6.22. The van der Waals surface area contributed by atoms with Crippen LogP contribution >= 0.6 is 22.9 Å². The van der Waals surface area contributed by atoms with Crippen LogP contribution in [-0.4, -0.2) is 6.54 Å². The molecule has 0 saturated carbocycles. The van der Waals surface area contributed by atoms with Gasteiger partial charge in [-0.2, -0.15) is 0 Å². The molecule has 0 fully saturated rings. The van der Waals surface area contributed by atoms with Gasteiger partial charge < -0.3 is 5.32 Å². The highest BCUT2D eigenvalue weighted by Gasteiger charge is 2.14. The molecule has 1 aromatic carbocycles. The molecule has 2 rings (SSSR count). The van der Waals surface area contributed by atoms with Crippen molar-refractivity contribution in [1.29, 1.82) is 0 Å². The number of rotatable bonds is 6. The minimum Gasteiger partial charge on any atom is -0.310 e. The average molecular weight is 308 g/mol. The van der Waals surface area contributed by atoms with Gasteiger partial charge in [0.1, 0.15) is 0 Å². The Kier molecular flexibility index (Phi) is 5.64. The third-order valence-corrected chi connectivity index (χ3v) is 5.17. The summed E-state index contributed by atoms with van der Waals surface area (Å²) in [7, 11) is 0. The van der Waals surface area contributed by atoms with Crippen LogP contribution in [0.4, 0.5) is 0 Å². The van der Waals surface area contributed by atoms with E-state index in [1.807, 2.05) is 23.5 Å². The Labute approximate surface area is 131 Å². The highest BCUT2D eigenvalue weighted by atomic mass is 35.5. The van der Waals surface area contributed by atoms with Gasteiger partial charge in [-0.1, -0.05) is 44.0 Å². The molecule has 20 heavy (non-hydrogen) atoms. The molecule has 1 nitrogen and oxygen atoms in total. The lowest BCUT2D eigenvalue weighted by Crippen LogP contribution is -2.19. The highest BCUT2D eigenvalue weighted by Crippen LogP contribution is 2.36. The van der Waals surface area contributed by atoms with Crippen molar-refractivity contribution in [3.63, 3.8) is 0 Å². The lowest BCUT2D eigenvalue weighted by molar-refractivity contribution is 0.516. The topological polar surface area (TPSA) is 12.0 Å². The van der Waals surface area contributed by atoms with Gasteiger partial charge in [-0.25, -0.2) is 0 Å². The third-order valence-electron chi connectivity index (χ3n) is 3.53. The van der Waals surface area contributed by atoms with Crippen LogP contribution in [0.5, 0.6) is 0 Å². The van der Waals surface area contributed by atoms with Gasteiger partial charge in [0.15, 0.2) is 0 Å². The normalized spacial score (nSPS) is 12.6. The maximum atomic E-state index is 6.22. The van der Waals surface area contributed by atoms with Gasteiger partial charge in [-0.3, -0.25) is 0 Å². The van der Waals surface area contributed by atoms with Gasteiger partial charge in [0, 0.05) is 20.8 Å². The molecule has 1 atom stereocenters. The van der Waals surface area contributed by atoms with Gasteiger partial charge in [-0.15, -0.1) is 11.3 Å². The van der Waals surface area contributed by atoms with Gasteiger partial charge in [0.2, 0.25) is 0 Å². The van der Waals surface area contributed by atoms with Crippen LogP contribution in [0.1, 0.15) is 43.2 Å². The summed E-state index contributed by atoms with van der Waals surface area (Å²) in [5.41, 5.74) is 2.42. The SMILES string of the molecule is CCCC(NCC)c1ccc(-c2cccc(Cl)c2C)s1. The molecule has 0 saturated heterocycles. The smallest absolute Gasteiger partial charge is 0.0441 e. The molecule has 0 radical (unpaired) electrons. The number of halogens is 1. The monoisotopic (exact) mass is 307 g/mol. The van der Waals surface area contributed by atoms with E-state index >= 15 is 0 Å². The second kappa shape index (κ2) is 7.26. The number of benzene rings is 1. The average Bonchev–Trinajstić information content (AvgIpc) is 2.91. The second-order valence-electron chi connectivity index (χ2n) is 5.01. The summed E-state index contributed by atoms with van der Waals surface area (Å²) in [5.74, 6) is 0. The van der Waals surface area contributed by atoms with Gasteiger partial charge in [-0.05, 0) is 49.2 Å². The fourth-order valence-electron chi connectivity index (χ4n) is 2.44. The van der Waals surface area contributed by atoms with E-state index in [1.165, 1.54) is 28.2 Å². The molecule has 0 spiro atoms. The first-order chi connectivity index (χ1) is 9.67. The van der Waals surface area contributed by atoms with Crippen molar-refractivity contribution in [3.05, 3.63) is 45.8 Å². The molecular formula is C17H22ClNS. The van der Waals surface area contributed by atoms with E-state index in [1.54, 1.807) is 0 Å². The van der Waals surface area contributed by atoms with Crippen molar-refractivity contribution < 1.29 is 0 Å². The fourth-order valence-corrected chi connectivity index (χ4v) is 3.81. The Bertz CT molecular complexity index is 556. The van der Waals surface area contributed by atoms with Crippen LogP contribution in [0.2, 0.25) is 5.02 Å². The molecule has 0 aliphatic carbocycles.